The number of benzene rings is 9. The van der Waals surface area contributed by atoms with Crippen LogP contribution in [-0.2, 0) is 0 Å². The lowest BCUT2D eigenvalue weighted by Gasteiger charge is -2.27. The van der Waals surface area contributed by atoms with Crippen LogP contribution in [0.3, 0.4) is 0 Å². The van der Waals surface area contributed by atoms with Gasteiger partial charge in [-0.3, -0.25) is 0 Å². The fraction of sp³-hybridized carbons (Fsp3) is 0.0811. The Labute approximate surface area is 504 Å². The summed E-state index contributed by atoms with van der Waals surface area (Å²) in [4.78, 5) is 20.5. The molecule has 0 fully saturated rings. The van der Waals surface area contributed by atoms with E-state index in [4.69, 9.17) is 30.6 Å². The molecule has 6 N–H and O–H groups in total. The Kier molecular flexibility index (Phi) is 24.2. The second kappa shape index (κ2) is 32.8. The SMILES string of the molecule is O=C([O-])c1cccc(C(=O)[O-])c1.OC1=CCCC=C1O.OC1=CCCC=C1O.OC1=CCCC=C1O.c1ccc([P+](c2ccccc2)(c2ccccc2)c2ccccc2)cc1.c1ccc([P+](c2ccccc2)(c2ccccc2)c2ccccc2)cc1. The van der Waals surface area contributed by atoms with Gasteiger partial charge >= 0.3 is 0 Å². The molecule has 10 nitrogen and oxygen atoms in total. The summed E-state index contributed by atoms with van der Waals surface area (Å²) < 4.78 is 0. The van der Waals surface area contributed by atoms with E-state index >= 15 is 0 Å². The summed E-state index contributed by atoms with van der Waals surface area (Å²) in [6.07, 6.45) is 14.6. The molecule has 0 atom stereocenters. The zero-order valence-electron chi connectivity index (χ0n) is 47.3. The molecule has 0 saturated heterocycles. The number of carboxylic acid groups (broad SMARTS) is 2. The lowest BCUT2D eigenvalue weighted by atomic mass is 10.1. The first-order valence-corrected chi connectivity index (χ1v) is 31.6. The summed E-state index contributed by atoms with van der Waals surface area (Å²) >= 11 is 0. The van der Waals surface area contributed by atoms with Gasteiger partial charge in [0.05, 0.1) is 11.9 Å². The van der Waals surface area contributed by atoms with Gasteiger partial charge in [-0.05, 0) is 189 Å². The molecular weight excluding hydrogens is 1110 g/mol. The molecule has 3 aliphatic carbocycles. The van der Waals surface area contributed by atoms with Crippen molar-refractivity contribution in [3.05, 3.63) is 349 Å². The summed E-state index contributed by atoms with van der Waals surface area (Å²) in [5.41, 5.74) is -0.339. The highest BCUT2D eigenvalue weighted by Crippen LogP contribution is 2.55. The van der Waals surface area contributed by atoms with Crippen molar-refractivity contribution in [3.63, 3.8) is 0 Å². The topological polar surface area (TPSA) is 202 Å². The van der Waals surface area contributed by atoms with Crippen LogP contribution in [0.2, 0.25) is 0 Å². The fourth-order valence-corrected chi connectivity index (χ4v) is 18.3. The summed E-state index contributed by atoms with van der Waals surface area (Å²) in [5.74, 6) is -2.75. The Hall–Kier alpha value is -9.98. The molecule has 12 rings (SSSR count). The van der Waals surface area contributed by atoms with Crippen LogP contribution in [0.1, 0.15) is 59.2 Å². The van der Waals surface area contributed by atoms with E-state index in [2.05, 4.69) is 243 Å². The van der Waals surface area contributed by atoms with Gasteiger partial charge in [0.25, 0.3) is 0 Å². The number of hydrogen-bond donors (Lipinski definition) is 6. The quantitative estimate of drug-likeness (QED) is 0.0716. The van der Waals surface area contributed by atoms with Crippen LogP contribution in [0, 0.1) is 0 Å². The number of aliphatic hydroxyl groups is 6. The van der Waals surface area contributed by atoms with Gasteiger partial charge in [-0.1, -0.05) is 164 Å². The molecule has 3 aliphatic rings. The Balaban J connectivity index is 0.000000160. The highest BCUT2D eigenvalue weighted by Gasteiger charge is 2.48. The van der Waals surface area contributed by atoms with Gasteiger partial charge in [0.2, 0.25) is 0 Å². The smallest absolute Gasteiger partial charge is 0.152 e. The van der Waals surface area contributed by atoms with E-state index in [9.17, 15) is 19.8 Å². The Morgan fingerprint density at radius 1 is 0.244 bits per heavy atom. The average molecular weight is 1180 g/mol. The Morgan fingerprint density at radius 2 is 0.395 bits per heavy atom. The Morgan fingerprint density at radius 3 is 0.523 bits per heavy atom. The summed E-state index contributed by atoms with van der Waals surface area (Å²) in [6, 6.07) is 92.5. The van der Waals surface area contributed by atoms with Gasteiger partial charge in [0.15, 0.2) is 34.6 Å². The second-order valence-corrected chi connectivity index (χ2v) is 26.3. The maximum Gasteiger partial charge on any atom is 0.152 e. The predicted molar refractivity (Wildman–Crippen MR) is 350 cm³/mol. The number of carboxylic acids is 2. The van der Waals surface area contributed by atoms with Gasteiger partial charge in [-0.15, -0.1) is 0 Å². The average Bonchev–Trinajstić information content (AvgIpc) is 2.82. The first-order valence-electron chi connectivity index (χ1n) is 28.0. The standard InChI is InChI=1S/2C24H20P.C8H6O4.3C6H8O2/c2*1-5-13-21(14-6-1)25(22-15-7-2-8-16-22,23-17-9-3-10-18-23)24-19-11-4-12-20-24;9-7(10)5-2-1-3-6(4-5)8(11)12;3*7-5-3-1-2-4-6(5)8/h2*1-20H;1-4H,(H,9,10)(H,11,12);3*3-4,7-8H,1-2H2/q2*+1;;;;/p-2. The zero-order valence-corrected chi connectivity index (χ0v) is 49.1. The summed E-state index contributed by atoms with van der Waals surface area (Å²) in [5, 5.41) is 83.9. The van der Waals surface area contributed by atoms with Crippen molar-refractivity contribution in [3.8, 4) is 0 Å². The molecule has 12 heteroatoms. The minimum Gasteiger partial charge on any atom is -0.545 e. The van der Waals surface area contributed by atoms with E-state index in [0.29, 0.717) is 0 Å². The molecule has 0 amide bonds. The molecule has 0 bridgehead atoms. The number of carbonyl (C=O) groups excluding carboxylic acids is 2. The second-order valence-electron chi connectivity index (χ2n) is 19.4. The third-order valence-corrected chi connectivity index (χ3v) is 22.4. The summed E-state index contributed by atoms with van der Waals surface area (Å²) in [7, 11) is -3.81. The lowest BCUT2D eigenvalue weighted by Crippen LogP contribution is -2.38. The fourth-order valence-electron chi connectivity index (χ4n) is 9.72. The van der Waals surface area contributed by atoms with Crippen LogP contribution in [0.25, 0.3) is 0 Å². The number of aliphatic hydroxyl groups excluding tert-OH is 6. The van der Waals surface area contributed by atoms with Crippen molar-refractivity contribution in [2.75, 3.05) is 0 Å². The number of aromatic carboxylic acids is 2. The molecule has 86 heavy (non-hydrogen) atoms. The molecule has 0 unspecified atom stereocenters. The normalized spacial score (nSPS) is 13.3. The van der Waals surface area contributed by atoms with Crippen LogP contribution in [0.5, 0.6) is 0 Å². The van der Waals surface area contributed by atoms with Crippen LogP contribution >= 0.6 is 14.5 Å². The largest absolute Gasteiger partial charge is 0.545 e. The van der Waals surface area contributed by atoms with Crippen LogP contribution in [-0.4, -0.2) is 42.6 Å². The molecule has 434 valence electrons. The van der Waals surface area contributed by atoms with E-state index in [0.717, 1.165) is 44.6 Å². The number of rotatable bonds is 10. The van der Waals surface area contributed by atoms with Gasteiger partial charge in [0.1, 0.15) is 57.0 Å². The van der Waals surface area contributed by atoms with E-state index in [1.807, 2.05) is 0 Å². The monoisotopic (exact) mass is 1180 g/mol. The van der Waals surface area contributed by atoms with Crippen molar-refractivity contribution in [2.45, 2.75) is 38.5 Å². The van der Waals surface area contributed by atoms with Crippen molar-refractivity contribution in [1.82, 2.24) is 0 Å². The van der Waals surface area contributed by atoms with Crippen molar-refractivity contribution >= 4 is 68.9 Å². The van der Waals surface area contributed by atoms with E-state index in [-0.39, 0.29) is 45.7 Å². The van der Waals surface area contributed by atoms with E-state index in [1.165, 1.54) is 60.6 Å². The van der Waals surface area contributed by atoms with Gasteiger partial charge in [-0.25, -0.2) is 0 Å². The molecule has 9 aromatic carbocycles. The molecular formula is C74H68O10P2. The van der Waals surface area contributed by atoms with Crippen molar-refractivity contribution in [1.29, 1.82) is 0 Å². The van der Waals surface area contributed by atoms with Crippen LogP contribution < -0.4 is 52.6 Å². The third kappa shape index (κ3) is 16.9. The molecule has 0 saturated carbocycles. The number of allylic oxidation sites excluding steroid dienone is 6. The van der Waals surface area contributed by atoms with Crippen molar-refractivity contribution in [2.24, 2.45) is 0 Å². The summed E-state index contributed by atoms with van der Waals surface area (Å²) in [6.45, 7) is 0. The highest BCUT2D eigenvalue weighted by molar-refractivity contribution is 8.02. The van der Waals surface area contributed by atoms with E-state index in [1.54, 1.807) is 36.5 Å². The molecule has 9 aromatic rings. The number of hydrogen-bond acceptors (Lipinski definition) is 10. The van der Waals surface area contributed by atoms with Crippen LogP contribution in [0.4, 0.5) is 0 Å². The number of carbonyl (C=O) groups is 2. The van der Waals surface area contributed by atoms with E-state index < -0.39 is 26.5 Å². The molecule has 0 radical (unpaired) electrons. The minimum atomic E-state index is -1.91. The maximum atomic E-state index is 10.3. The van der Waals surface area contributed by atoms with Gasteiger partial charge in [0, 0.05) is 0 Å². The zero-order chi connectivity index (χ0) is 61.0. The molecule has 0 heterocycles. The first-order chi connectivity index (χ1) is 41.9. The lowest BCUT2D eigenvalue weighted by molar-refractivity contribution is -0.255. The predicted octanol–water partition coefficient (Wildman–Crippen LogP) is 12.0. The van der Waals surface area contributed by atoms with Crippen LogP contribution in [0.15, 0.2) is 338 Å². The first kappa shape index (κ1) is 63.6. The molecule has 0 spiro atoms. The third-order valence-electron chi connectivity index (χ3n) is 13.8. The maximum absolute atomic E-state index is 10.3. The van der Waals surface area contributed by atoms with Gasteiger partial charge in [-0.2, -0.15) is 0 Å². The minimum absolute atomic E-state index is 0.0104. The molecule has 0 aliphatic heterocycles. The highest BCUT2D eigenvalue weighted by atomic mass is 31.2. The van der Waals surface area contributed by atoms with Gasteiger partial charge < -0.3 is 50.4 Å². The van der Waals surface area contributed by atoms with Crippen molar-refractivity contribution < 1.29 is 50.4 Å². The molecule has 0 aromatic heterocycles. The Bertz CT molecular complexity index is 3090.